The summed E-state index contributed by atoms with van der Waals surface area (Å²) in [6, 6.07) is 8.85. The molecule has 1 saturated heterocycles. The van der Waals surface area contributed by atoms with Crippen LogP contribution in [0.2, 0.25) is 0 Å². The first-order chi connectivity index (χ1) is 9.76. The van der Waals surface area contributed by atoms with E-state index in [0.29, 0.717) is 11.2 Å². The van der Waals surface area contributed by atoms with E-state index in [0.717, 1.165) is 18.8 Å². The minimum Gasteiger partial charge on any atom is -0.497 e. The lowest BCUT2D eigenvalue weighted by atomic mass is 10.0. The lowest BCUT2D eigenvalue weighted by molar-refractivity contribution is 0.250. The molecule has 2 heterocycles. The van der Waals surface area contributed by atoms with Crippen LogP contribution in [0.3, 0.4) is 0 Å². The fourth-order valence-corrected chi connectivity index (χ4v) is 3.55. The molecule has 1 aliphatic rings. The Hall–Kier alpha value is -1.59. The van der Waals surface area contributed by atoms with E-state index < -0.39 is 0 Å². The van der Waals surface area contributed by atoms with E-state index in [4.69, 9.17) is 10.5 Å². The third kappa shape index (κ3) is 2.78. The van der Waals surface area contributed by atoms with Crippen molar-refractivity contribution < 1.29 is 4.74 Å². The second kappa shape index (κ2) is 5.81. The molecule has 2 aromatic rings. The maximum atomic E-state index is 5.71. The van der Waals surface area contributed by atoms with Gasteiger partial charge in [0, 0.05) is 23.7 Å². The molecule has 3 rings (SSSR count). The average Bonchev–Trinajstić information content (AvgIpc) is 3.08. The largest absolute Gasteiger partial charge is 0.497 e. The van der Waals surface area contributed by atoms with Gasteiger partial charge in [0.25, 0.3) is 0 Å². The van der Waals surface area contributed by atoms with Gasteiger partial charge in [-0.1, -0.05) is 12.1 Å². The molecular formula is C15H19N3OS. The van der Waals surface area contributed by atoms with Gasteiger partial charge in [-0.15, -0.1) is 11.3 Å². The Labute approximate surface area is 123 Å². The highest BCUT2D eigenvalue weighted by atomic mass is 32.1. The summed E-state index contributed by atoms with van der Waals surface area (Å²) in [6.07, 6.45) is 4.32. The van der Waals surface area contributed by atoms with Crippen molar-refractivity contribution in [2.24, 2.45) is 0 Å². The zero-order chi connectivity index (χ0) is 13.9. The molecule has 0 spiro atoms. The number of rotatable bonds is 4. The minimum atomic E-state index is 0.466. The number of methoxy groups -OCH3 is 1. The van der Waals surface area contributed by atoms with Gasteiger partial charge in [0.2, 0.25) is 0 Å². The molecule has 1 aliphatic heterocycles. The monoisotopic (exact) mass is 289 g/mol. The molecule has 0 radical (unpaired) electrons. The van der Waals surface area contributed by atoms with Gasteiger partial charge >= 0.3 is 0 Å². The number of nitrogen functional groups attached to an aromatic ring is 1. The number of hydrogen-bond acceptors (Lipinski definition) is 5. The molecule has 1 fully saturated rings. The standard InChI is InChI=1S/C15H19N3OS/c1-19-12-5-2-4-11(8-12)14-6-3-7-18(14)10-13-9-17-15(16)20-13/h2,4-5,8-9,14H,3,6-7,10H2,1H3,(H2,16,17). The fourth-order valence-electron chi connectivity index (χ4n) is 2.84. The van der Waals surface area contributed by atoms with Crippen LogP contribution in [-0.2, 0) is 6.54 Å². The second-order valence-corrected chi connectivity index (χ2v) is 6.22. The van der Waals surface area contributed by atoms with Crippen molar-refractivity contribution in [2.45, 2.75) is 25.4 Å². The quantitative estimate of drug-likeness (QED) is 0.940. The fraction of sp³-hybridized carbons (Fsp3) is 0.400. The van der Waals surface area contributed by atoms with Crippen molar-refractivity contribution in [1.29, 1.82) is 0 Å². The number of hydrogen-bond donors (Lipinski definition) is 1. The summed E-state index contributed by atoms with van der Waals surface area (Å²) in [5.74, 6) is 0.927. The normalized spacial score (nSPS) is 19.4. The smallest absolute Gasteiger partial charge is 0.180 e. The zero-order valence-corrected chi connectivity index (χ0v) is 12.4. The second-order valence-electron chi connectivity index (χ2n) is 5.07. The number of likely N-dealkylation sites (tertiary alicyclic amines) is 1. The number of ether oxygens (including phenoxy) is 1. The predicted octanol–water partition coefficient (Wildman–Crippen LogP) is 3.07. The number of benzene rings is 1. The highest BCUT2D eigenvalue weighted by Gasteiger charge is 2.26. The van der Waals surface area contributed by atoms with Crippen LogP contribution in [0.4, 0.5) is 5.13 Å². The first kappa shape index (κ1) is 13.4. The Morgan fingerprint density at radius 3 is 3.15 bits per heavy atom. The lowest BCUT2D eigenvalue weighted by Gasteiger charge is -2.24. The van der Waals surface area contributed by atoms with Crippen LogP contribution in [0.25, 0.3) is 0 Å². The molecule has 20 heavy (non-hydrogen) atoms. The van der Waals surface area contributed by atoms with Crippen molar-refractivity contribution in [1.82, 2.24) is 9.88 Å². The van der Waals surface area contributed by atoms with E-state index in [1.165, 1.54) is 23.3 Å². The molecule has 5 heteroatoms. The maximum Gasteiger partial charge on any atom is 0.180 e. The molecule has 1 aromatic heterocycles. The first-order valence-corrected chi connectivity index (χ1v) is 7.66. The minimum absolute atomic E-state index is 0.466. The van der Waals surface area contributed by atoms with Gasteiger partial charge in [0.1, 0.15) is 5.75 Å². The lowest BCUT2D eigenvalue weighted by Crippen LogP contribution is -2.22. The number of aromatic nitrogens is 1. The van der Waals surface area contributed by atoms with Crippen LogP contribution in [0.1, 0.15) is 29.3 Å². The van der Waals surface area contributed by atoms with Crippen LogP contribution >= 0.6 is 11.3 Å². The van der Waals surface area contributed by atoms with Gasteiger partial charge < -0.3 is 10.5 Å². The van der Waals surface area contributed by atoms with Crippen LogP contribution in [0.15, 0.2) is 30.5 Å². The Balaban J connectivity index is 1.77. The highest BCUT2D eigenvalue weighted by Crippen LogP contribution is 2.35. The van der Waals surface area contributed by atoms with Crippen molar-refractivity contribution in [3.05, 3.63) is 40.9 Å². The molecule has 1 unspecified atom stereocenters. The SMILES string of the molecule is COc1cccc(C2CCCN2Cc2cnc(N)s2)c1. The predicted molar refractivity (Wildman–Crippen MR) is 81.9 cm³/mol. The topological polar surface area (TPSA) is 51.4 Å². The summed E-state index contributed by atoms with van der Waals surface area (Å²) in [7, 11) is 1.71. The van der Waals surface area contributed by atoms with Gasteiger partial charge in [-0.2, -0.15) is 0 Å². The van der Waals surface area contributed by atoms with Gasteiger partial charge in [-0.05, 0) is 37.1 Å². The number of anilines is 1. The summed E-state index contributed by atoms with van der Waals surface area (Å²) in [5.41, 5.74) is 7.04. The third-order valence-electron chi connectivity index (χ3n) is 3.77. The van der Waals surface area contributed by atoms with Crippen LogP contribution in [0, 0.1) is 0 Å². The van der Waals surface area contributed by atoms with E-state index in [-0.39, 0.29) is 0 Å². The summed E-state index contributed by atoms with van der Waals surface area (Å²) < 4.78 is 5.33. The van der Waals surface area contributed by atoms with Crippen molar-refractivity contribution in [2.75, 3.05) is 19.4 Å². The van der Waals surface area contributed by atoms with Gasteiger partial charge in [-0.3, -0.25) is 4.90 Å². The summed E-state index contributed by atoms with van der Waals surface area (Å²) in [5, 5.41) is 0.650. The first-order valence-electron chi connectivity index (χ1n) is 6.84. The summed E-state index contributed by atoms with van der Waals surface area (Å²) >= 11 is 1.58. The van der Waals surface area contributed by atoms with Crippen LogP contribution < -0.4 is 10.5 Å². The molecule has 4 nitrogen and oxygen atoms in total. The van der Waals surface area contributed by atoms with E-state index in [1.54, 1.807) is 18.4 Å². The van der Waals surface area contributed by atoms with Gasteiger partial charge in [0.05, 0.1) is 7.11 Å². The molecule has 0 aliphatic carbocycles. The molecule has 1 atom stereocenters. The van der Waals surface area contributed by atoms with Crippen molar-refractivity contribution in [3.8, 4) is 5.75 Å². The highest BCUT2D eigenvalue weighted by molar-refractivity contribution is 7.15. The number of nitrogens with zero attached hydrogens (tertiary/aromatic N) is 2. The van der Waals surface area contributed by atoms with Crippen molar-refractivity contribution >= 4 is 16.5 Å². The Kier molecular flexibility index (Phi) is 3.89. The van der Waals surface area contributed by atoms with E-state index in [1.807, 2.05) is 12.3 Å². The molecule has 1 aromatic carbocycles. The third-order valence-corrected chi connectivity index (χ3v) is 4.58. The number of thiazole rings is 1. The zero-order valence-electron chi connectivity index (χ0n) is 11.6. The average molecular weight is 289 g/mol. The Bertz CT molecular complexity index is 584. The molecule has 0 amide bonds. The van der Waals surface area contributed by atoms with E-state index >= 15 is 0 Å². The molecule has 0 saturated carbocycles. The van der Waals surface area contributed by atoms with E-state index in [2.05, 4.69) is 28.1 Å². The van der Waals surface area contributed by atoms with Gasteiger partial charge in [-0.25, -0.2) is 4.98 Å². The molecule has 0 bridgehead atoms. The molecule has 106 valence electrons. The number of nitrogens with two attached hydrogens (primary N) is 1. The Morgan fingerprint density at radius 2 is 2.40 bits per heavy atom. The Morgan fingerprint density at radius 1 is 1.50 bits per heavy atom. The summed E-state index contributed by atoms with van der Waals surface area (Å²) in [6.45, 7) is 2.05. The van der Waals surface area contributed by atoms with E-state index in [9.17, 15) is 0 Å². The summed E-state index contributed by atoms with van der Waals surface area (Å²) in [4.78, 5) is 7.87. The van der Waals surface area contributed by atoms with Crippen LogP contribution in [-0.4, -0.2) is 23.5 Å². The van der Waals surface area contributed by atoms with Crippen molar-refractivity contribution in [3.63, 3.8) is 0 Å². The molecule has 2 N–H and O–H groups in total. The van der Waals surface area contributed by atoms with Crippen LogP contribution in [0.5, 0.6) is 5.75 Å². The van der Waals surface area contributed by atoms with Gasteiger partial charge in [0.15, 0.2) is 5.13 Å². The molecular weight excluding hydrogens is 270 g/mol. The maximum absolute atomic E-state index is 5.71.